The summed E-state index contributed by atoms with van der Waals surface area (Å²) in [6.07, 6.45) is 2.59. The Hall–Kier alpha value is -2.30. The van der Waals surface area contributed by atoms with E-state index in [9.17, 15) is 0 Å². The Labute approximate surface area is 125 Å². The van der Waals surface area contributed by atoms with Gasteiger partial charge in [0, 0.05) is 18.8 Å². The first-order chi connectivity index (χ1) is 10.2. The van der Waals surface area contributed by atoms with Crippen molar-refractivity contribution < 1.29 is 4.74 Å². The van der Waals surface area contributed by atoms with Crippen LogP contribution in [0.15, 0.2) is 30.6 Å². The van der Waals surface area contributed by atoms with Gasteiger partial charge in [-0.2, -0.15) is 0 Å². The molecule has 0 atom stereocenters. The first-order valence-corrected chi connectivity index (χ1v) is 7.10. The first-order valence-electron chi connectivity index (χ1n) is 7.10. The third-order valence-electron chi connectivity index (χ3n) is 3.35. The Morgan fingerprint density at radius 1 is 1.19 bits per heavy atom. The molecule has 1 heterocycles. The van der Waals surface area contributed by atoms with Crippen molar-refractivity contribution in [1.82, 2.24) is 9.97 Å². The van der Waals surface area contributed by atoms with Crippen molar-refractivity contribution in [3.8, 4) is 5.88 Å². The van der Waals surface area contributed by atoms with Gasteiger partial charge in [-0.25, -0.2) is 9.97 Å². The highest BCUT2D eigenvalue weighted by atomic mass is 16.5. The van der Waals surface area contributed by atoms with Crippen LogP contribution in [0.3, 0.4) is 0 Å². The van der Waals surface area contributed by atoms with E-state index in [1.165, 1.54) is 5.56 Å². The highest BCUT2D eigenvalue weighted by molar-refractivity contribution is 5.51. The van der Waals surface area contributed by atoms with Crippen molar-refractivity contribution >= 4 is 11.5 Å². The van der Waals surface area contributed by atoms with Gasteiger partial charge in [-0.05, 0) is 31.0 Å². The molecular weight excluding hydrogens is 264 g/mol. The minimum Gasteiger partial charge on any atom is -0.481 e. The monoisotopic (exact) mass is 286 g/mol. The summed E-state index contributed by atoms with van der Waals surface area (Å²) in [6, 6.07) is 7.94. The van der Waals surface area contributed by atoms with E-state index >= 15 is 0 Å². The number of ether oxygens (including phenoxy) is 1. The molecule has 1 aromatic heterocycles. The summed E-state index contributed by atoms with van der Waals surface area (Å²) in [4.78, 5) is 10.8. The van der Waals surface area contributed by atoms with Crippen molar-refractivity contribution in [2.45, 2.75) is 26.8 Å². The van der Waals surface area contributed by atoms with Gasteiger partial charge in [-0.1, -0.05) is 19.1 Å². The largest absolute Gasteiger partial charge is 0.481 e. The second-order valence-corrected chi connectivity index (χ2v) is 4.99. The molecule has 0 aliphatic carbocycles. The van der Waals surface area contributed by atoms with E-state index < -0.39 is 0 Å². The SMILES string of the molecule is CCCN(Cc1ccc(N)cc1)c1ncnc(OC)c1C. The Balaban J connectivity index is 2.28. The summed E-state index contributed by atoms with van der Waals surface area (Å²) in [5, 5.41) is 0. The summed E-state index contributed by atoms with van der Waals surface area (Å²) in [7, 11) is 1.63. The van der Waals surface area contributed by atoms with Crippen LogP contribution in [-0.4, -0.2) is 23.6 Å². The maximum Gasteiger partial charge on any atom is 0.221 e. The highest BCUT2D eigenvalue weighted by Gasteiger charge is 2.14. The second-order valence-electron chi connectivity index (χ2n) is 4.99. The average molecular weight is 286 g/mol. The maximum absolute atomic E-state index is 5.74. The smallest absolute Gasteiger partial charge is 0.221 e. The second kappa shape index (κ2) is 6.92. The molecule has 0 spiro atoms. The summed E-state index contributed by atoms with van der Waals surface area (Å²) in [5.74, 6) is 1.54. The molecular formula is C16H22N4O. The minimum atomic E-state index is 0.624. The summed E-state index contributed by atoms with van der Waals surface area (Å²) < 4.78 is 5.29. The lowest BCUT2D eigenvalue weighted by atomic mass is 10.2. The van der Waals surface area contributed by atoms with Gasteiger partial charge in [0.25, 0.3) is 0 Å². The van der Waals surface area contributed by atoms with Crippen LogP contribution in [0, 0.1) is 6.92 Å². The van der Waals surface area contributed by atoms with Crippen molar-refractivity contribution in [3.05, 3.63) is 41.7 Å². The molecule has 112 valence electrons. The van der Waals surface area contributed by atoms with E-state index in [0.29, 0.717) is 5.88 Å². The summed E-state index contributed by atoms with van der Waals surface area (Å²) >= 11 is 0. The van der Waals surface area contributed by atoms with Crippen molar-refractivity contribution in [1.29, 1.82) is 0 Å². The van der Waals surface area contributed by atoms with Crippen LogP contribution >= 0.6 is 0 Å². The van der Waals surface area contributed by atoms with E-state index in [1.807, 2.05) is 31.2 Å². The fourth-order valence-electron chi connectivity index (χ4n) is 2.32. The van der Waals surface area contributed by atoms with Gasteiger partial charge in [-0.3, -0.25) is 0 Å². The topological polar surface area (TPSA) is 64.3 Å². The number of nitrogens with zero attached hydrogens (tertiary/aromatic N) is 3. The molecule has 5 heteroatoms. The zero-order chi connectivity index (χ0) is 15.2. The van der Waals surface area contributed by atoms with Crippen molar-refractivity contribution in [3.63, 3.8) is 0 Å². The van der Waals surface area contributed by atoms with E-state index in [0.717, 1.165) is 36.6 Å². The normalized spacial score (nSPS) is 10.4. The van der Waals surface area contributed by atoms with Gasteiger partial charge in [0.2, 0.25) is 5.88 Å². The zero-order valence-electron chi connectivity index (χ0n) is 12.8. The molecule has 21 heavy (non-hydrogen) atoms. The fourth-order valence-corrected chi connectivity index (χ4v) is 2.32. The summed E-state index contributed by atoms with van der Waals surface area (Å²) in [6.45, 7) is 5.85. The van der Waals surface area contributed by atoms with Crippen LogP contribution in [-0.2, 0) is 6.54 Å². The molecule has 0 fully saturated rings. The molecule has 0 saturated carbocycles. The van der Waals surface area contributed by atoms with Crippen LogP contribution in [0.5, 0.6) is 5.88 Å². The lowest BCUT2D eigenvalue weighted by molar-refractivity contribution is 0.393. The third kappa shape index (κ3) is 3.62. The number of methoxy groups -OCH3 is 1. The highest BCUT2D eigenvalue weighted by Crippen LogP contribution is 2.25. The number of hydrogen-bond donors (Lipinski definition) is 1. The van der Waals surface area contributed by atoms with Gasteiger partial charge in [0.1, 0.15) is 12.1 Å². The minimum absolute atomic E-state index is 0.624. The van der Waals surface area contributed by atoms with Crippen LogP contribution in [0.25, 0.3) is 0 Å². The van der Waals surface area contributed by atoms with E-state index in [-0.39, 0.29) is 0 Å². The van der Waals surface area contributed by atoms with Gasteiger partial charge in [0.15, 0.2) is 0 Å². The number of rotatable bonds is 6. The van der Waals surface area contributed by atoms with Crippen LogP contribution < -0.4 is 15.4 Å². The van der Waals surface area contributed by atoms with Gasteiger partial charge in [0.05, 0.1) is 12.7 Å². The van der Waals surface area contributed by atoms with Gasteiger partial charge >= 0.3 is 0 Å². The van der Waals surface area contributed by atoms with Gasteiger partial charge < -0.3 is 15.4 Å². The molecule has 0 aliphatic heterocycles. The summed E-state index contributed by atoms with van der Waals surface area (Å²) in [5.41, 5.74) is 8.68. The molecule has 2 aromatic rings. The van der Waals surface area contributed by atoms with E-state index in [2.05, 4.69) is 21.8 Å². The van der Waals surface area contributed by atoms with Crippen molar-refractivity contribution in [2.24, 2.45) is 0 Å². The predicted octanol–water partition coefficient (Wildman–Crippen LogP) is 2.79. The molecule has 0 amide bonds. The molecule has 0 bridgehead atoms. The Bertz CT molecular complexity index is 583. The maximum atomic E-state index is 5.74. The van der Waals surface area contributed by atoms with Crippen LogP contribution in [0.1, 0.15) is 24.5 Å². The Kier molecular flexibility index (Phi) is 4.98. The van der Waals surface area contributed by atoms with E-state index in [4.69, 9.17) is 10.5 Å². The zero-order valence-corrected chi connectivity index (χ0v) is 12.8. The predicted molar refractivity (Wildman–Crippen MR) is 85.5 cm³/mol. The lowest BCUT2D eigenvalue weighted by Crippen LogP contribution is -2.25. The molecule has 2 rings (SSSR count). The number of aromatic nitrogens is 2. The average Bonchev–Trinajstić information content (AvgIpc) is 2.49. The molecule has 0 aliphatic rings. The lowest BCUT2D eigenvalue weighted by Gasteiger charge is -2.25. The molecule has 0 unspecified atom stereocenters. The molecule has 2 N–H and O–H groups in total. The first kappa shape index (κ1) is 15.1. The van der Waals surface area contributed by atoms with E-state index in [1.54, 1.807) is 13.4 Å². The van der Waals surface area contributed by atoms with Gasteiger partial charge in [-0.15, -0.1) is 0 Å². The molecule has 0 radical (unpaired) electrons. The number of nitrogen functional groups attached to an aromatic ring is 1. The Morgan fingerprint density at radius 3 is 2.52 bits per heavy atom. The fraction of sp³-hybridized carbons (Fsp3) is 0.375. The number of anilines is 2. The number of hydrogen-bond acceptors (Lipinski definition) is 5. The number of benzene rings is 1. The van der Waals surface area contributed by atoms with Crippen LogP contribution in [0.4, 0.5) is 11.5 Å². The molecule has 1 aromatic carbocycles. The third-order valence-corrected chi connectivity index (χ3v) is 3.35. The quantitative estimate of drug-likeness (QED) is 0.827. The molecule has 5 nitrogen and oxygen atoms in total. The van der Waals surface area contributed by atoms with Crippen molar-refractivity contribution in [2.75, 3.05) is 24.3 Å². The standard InChI is InChI=1S/C16H22N4O/c1-4-9-20(10-13-5-7-14(17)8-6-13)15-12(2)16(21-3)19-11-18-15/h5-8,11H,4,9-10,17H2,1-3H3. The Morgan fingerprint density at radius 2 is 1.90 bits per heavy atom. The molecule has 0 saturated heterocycles. The number of nitrogens with two attached hydrogens (primary N) is 1. The van der Waals surface area contributed by atoms with Crippen LogP contribution in [0.2, 0.25) is 0 Å².